The average molecular weight is 233 g/mol. The van der Waals surface area contributed by atoms with Gasteiger partial charge in [0.2, 0.25) is 0 Å². The van der Waals surface area contributed by atoms with Crippen LogP contribution in [0.5, 0.6) is 0 Å². The molecule has 0 radical (unpaired) electrons. The first-order valence-corrected chi connectivity index (χ1v) is 6.22. The fraction of sp³-hybridized carbons (Fsp3) is 0.417. The number of rotatable bonds is 2. The fourth-order valence-electron chi connectivity index (χ4n) is 1.83. The van der Waals surface area contributed by atoms with Crippen molar-refractivity contribution in [3.63, 3.8) is 0 Å². The van der Waals surface area contributed by atoms with E-state index >= 15 is 0 Å². The molecule has 2 rings (SSSR count). The summed E-state index contributed by atoms with van der Waals surface area (Å²) in [6.07, 6.45) is 0. The van der Waals surface area contributed by atoms with Crippen LogP contribution in [0.2, 0.25) is 0 Å². The van der Waals surface area contributed by atoms with Crippen LogP contribution in [-0.4, -0.2) is 6.04 Å². The Kier molecular flexibility index (Phi) is 3.08. The van der Waals surface area contributed by atoms with Crippen LogP contribution < -0.4 is 10.0 Å². The minimum Gasteiger partial charge on any atom is -0.328 e. The molecule has 2 N–H and O–H groups in total. The molecule has 1 atom stereocenters. The Labute approximate surface area is 100 Å². The summed E-state index contributed by atoms with van der Waals surface area (Å²) in [6, 6.07) is 6.52. The number of nitrogens with zero attached hydrogens (tertiary/aromatic N) is 1. The smallest absolute Gasteiger partial charge is 0.101 e. The molecule has 1 unspecified atom stereocenters. The van der Waals surface area contributed by atoms with Gasteiger partial charge >= 0.3 is 0 Å². The maximum absolute atomic E-state index is 8.96. The highest BCUT2D eigenvalue weighted by Crippen LogP contribution is 2.42. The third-order valence-corrected chi connectivity index (χ3v) is 3.49. The second-order valence-electron chi connectivity index (χ2n) is 4.29. The van der Waals surface area contributed by atoms with Crippen LogP contribution in [-0.2, 0) is 0 Å². The Morgan fingerprint density at radius 2 is 2.25 bits per heavy atom. The average Bonchev–Trinajstić information content (AvgIpc) is 2.61. The van der Waals surface area contributed by atoms with Crippen molar-refractivity contribution in [1.82, 2.24) is 5.32 Å². The van der Waals surface area contributed by atoms with Crippen molar-refractivity contribution >= 4 is 17.6 Å². The number of nitrogens with one attached hydrogen (secondary N) is 2. The standard InChI is InChI=1S/C12H15N3S/c1-7(2)14-12-10-5-9(6-13)4-8(3)11(10)15-16-12/h4-5,7,12,14-15H,1-3H3. The van der Waals surface area contributed by atoms with Crippen LogP contribution in [0.15, 0.2) is 12.1 Å². The van der Waals surface area contributed by atoms with E-state index in [2.05, 4.69) is 30.0 Å². The predicted octanol–water partition coefficient (Wildman–Crippen LogP) is 2.94. The summed E-state index contributed by atoms with van der Waals surface area (Å²) in [6.45, 7) is 6.28. The summed E-state index contributed by atoms with van der Waals surface area (Å²) >= 11 is 1.66. The fourth-order valence-corrected chi connectivity index (χ4v) is 3.00. The topological polar surface area (TPSA) is 47.9 Å². The van der Waals surface area contributed by atoms with Gasteiger partial charge < -0.3 is 4.72 Å². The largest absolute Gasteiger partial charge is 0.328 e. The van der Waals surface area contributed by atoms with Crippen LogP contribution in [0.1, 0.15) is 35.9 Å². The zero-order valence-electron chi connectivity index (χ0n) is 9.66. The molecule has 1 aromatic rings. The number of fused-ring (bicyclic) bond motifs is 1. The quantitative estimate of drug-likeness (QED) is 0.771. The van der Waals surface area contributed by atoms with Crippen molar-refractivity contribution in [2.75, 3.05) is 4.72 Å². The van der Waals surface area contributed by atoms with Gasteiger partial charge in [0.05, 0.1) is 17.3 Å². The van der Waals surface area contributed by atoms with Gasteiger partial charge in [0, 0.05) is 11.6 Å². The Balaban J connectivity index is 2.38. The van der Waals surface area contributed by atoms with Gasteiger partial charge in [0.15, 0.2) is 0 Å². The van der Waals surface area contributed by atoms with Gasteiger partial charge in [-0.05, 0) is 50.4 Å². The molecule has 3 nitrogen and oxygen atoms in total. The lowest BCUT2D eigenvalue weighted by atomic mass is 10.0. The van der Waals surface area contributed by atoms with Crippen LogP contribution in [0.4, 0.5) is 5.69 Å². The SMILES string of the molecule is Cc1cc(C#N)cc2c1NSC2NC(C)C. The first-order chi connectivity index (χ1) is 7.61. The molecule has 0 bridgehead atoms. The van der Waals surface area contributed by atoms with Gasteiger partial charge in [-0.2, -0.15) is 5.26 Å². The number of aryl methyl sites for hydroxylation is 1. The van der Waals surface area contributed by atoms with Gasteiger partial charge in [0.1, 0.15) is 5.37 Å². The van der Waals surface area contributed by atoms with Gasteiger partial charge in [-0.25, -0.2) is 0 Å². The molecule has 84 valence electrons. The van der Waals surface area contributed by atoms with Crippen molar-refractivity contribution in [2.24, 2.45) is 0 Å². The summed E-state index contributed by atoms with van der Waals surface area (Å²) in [7, 11) is 0. The van der Waals surface area contributed by atoms with Gasteiger partial charge in [-0.15, -0.1) is 0 Å². The molecule has 0 spiro atoms. The molecule has 0 amide bonds. The van der Waals surface area contributed by atoms with E-state index < -0.39 is 0 Å². The van der Waals surface area contributed by atoms with Gasteiger partial charge in [-0.3, -0.25) is 5.32 Å². The molecule has 16 heavy (non-hydrogen) atoms. The third kappa shape index (κ3) is 2.01. The number of hydrogen-bond donors (Lipinski definition) is 2. The van der Waals surface area contributed by atoms with E-state index in [1.807, 2.05) is 19.1 Å². The highest BCUT2D eigenvalue weighted by Gasteiger charge is 2.25. The minimum atomic E-state index is 0.238. The summed E-state index contributed by atoms with van der Waals surface area (Å²) < 4.78 is 3.32. The zero-order chi connectivity index (χ0) is 11.7. The van der Waals surface area contributed by atoms with Crippen LogP contribution in [0, 0.1) is 18.3 Å². The summed E-state index contributed by atoms with van der Waals surface area (Å²) in [4.78, 5) is 0. The predicted molar refractivity (Wildman–Crippen MR) is 68.1 cm³/mol. The molecule has 0 saturated carbocycles. The third-order valence-electron chi connectivity index (χ3n) is 2.54. The molecule has 4 heteroatoms. The molecule has 1 aliphatic rings. The molecule has 0 fully saturated rings. The first-order valence-electron chi connectivity index (χ1n) is 5.34. The Morgan fingerprint density at radius 1 is 1.50 bits per heavy atom. The lowest BCUT2D eigenvalue weighted by Crippen LogP contribution is -2.24. The van der Waals surface area contributed by atoms with E-state index in [4.69, 9.17) is 5.26 Å². The molecule has 1 aliphatic heterocycles. The molecule has 1 heterocycles. The normalized spacial score (nSPS) is 18.1. The molecule has 0 aliphatic carbocycles. The molecule has 0 saturated heterocycles. The zero-order valence-corrected chi connectivity index (χ0v) is 10.5. The lowest BCUT2D eigenvalue weighted by Gasteiger charge is -2.15. The second kappa shape index (κ2) is 4.36. The summed E-state index contributed by atoms with van der Waals surface area (Å²) in [5.41, 5.74) is 4.21. The van der Waals surface area contributed by atoms with E-state index in [9.17, 15) is 0 Å². The Morgan fingerprint density at radius 3 is 2.88 bits per heavy atom. The monoisotopic (exact) mass is 233 g/mol. The number of anilines is 1. The van der Waals surface area contributed by atoms with Crippen LogP contribution in [0.25, 0.3) is 0 Å². The molecule has 1 aromatic carbocycles. The molecule has 0 aromatic heterocycles. The number of hydrogen-bond acceptors (Lipinski definition) is 4. The minimum absolute atomic E-state index is 0.238. The van der Waals surface area contributed by atoms with E-state index in [1.54, 1.807) is 11.9 Å². The summed E-state index contributed by atoms with van der Waals surface area (Å²) in [5, 5.41) is 12.7. The highest BCUT2D eigenvalue weighted by atomic mass is 32.2. The van der Waals surface area contributed by atoms with Gasteiger partial charge in [-0.1, -0.05) is 0 Å². The number of benzene rings is 1. The van der Waals surface area contributed by atoms with E-state index in [0.717, 1.165) is 16.8 Å². The Hall–Kier alpha value is -1.18. The van der Waals surface area contributed by atoms with Gasteiger partial charge in [0.25, 0.3) is 0 Å². The maximum atomic E-state index is 8.96. The first kappa shape index (κ1) is 11.3. The van der Waals surface area contributed by atoms with Crippen molar-refractivity contribution in [3.05, 3.63) is 28.8 Å². The maximum Gasteiger partial charge on any atom is 0.101 e. The van der Waals surface area contributed by atoms with E-state index in [1.165, 1.54) is 5.56 Å². The lowest BCUT2D eigenvalue weighted by molar-refractivity contribution is 0.582. The Bertz CT molecular complexity index is 448. The second-order valence-corrected chi connectivity index (χ2v) is 5.20. The van der Waals surface area contributed by atoms with Crippen molar-refractivity contribution in [3.8, 4) is 6.07 Å². The van der Waals surface area contributed by atoms with Crippen LogP contribution in [0.3, 0.4) is 0 Å². The number of nitriles is 1. The summed E-state index contributed by atoms with van der Waals surface area (Å²) in [5.74, 6) is 0. The van der Waals surface area contributed by atoms with E-state index in [0.29, 0.717) is 6.04 Å². The van der Waals surface area contributed by atoms with Crippen molar-refractivity contribution < 1.29 is 0 Å². The van der Waals surface area contributed by atoms with Crippen LogP contribution >= 0.6 is 11.9 Å². The molecular formula is C12H15N3S. The van der Waals surface area contributed by atoms with Crippen molar-refractivity contribution in [2.45, 2.75) is 32.2 Å². The van der Waals surface area contributed by atoms with Crippen molar-refractivity contribution in [1.29, 1.82) is 5.26 Å². The highest BCUT2D eigenvalue weighted by molar-refractivity contribution is 8.01. The van der Waals surface area contributed by atoms with E-state index in [-0.39, 0.29) is 5.37 Å². The molecular weight excluding hydrogens is 218 g/mol.